The molecule has 0 spiro atoms. The van der Waals surface area contributed by atoms with Gasteiger partial charge in [0.2, 0.25) is 11.0 Å². The molecule has 2 heterocycles. The van der Waals surface area contributed by atoms with Crippen molar-refractivity contribution in [3.05, 3.63) is 47.3 Å². The van der Waals surface area contributed by atoms with E-state index in [0.717, 1.165) is 5.69 Å². The number of amides is 2. The molecule has 3 aromatic rings. The maximum absolute atomic E-state index is 12.4. The fraction of sp³-hybridized carbons (Fsp3) is 0.125. The highest BCUT2D eigenvalue weighted by Crippen LogP contribution is 2.31. The zero-order valence-electron chi connectivity index (χ0n) is 13.6. The highest BCUT2D eigenvalue weighted by molar-refractivity contribution is 8.02. The van der Waals surface area contributed by atoms with E-state index in [1.54, 1.807) is 18.4 Å². The normalized spacial score (nSPS) is 11.7. The van der Waals surface area contributed by atoms with Crippen LogP contribution in [0.4, 0.5) is 15.8 Å². The Balaban J connectivity index is 1.59. The largest absolute Gasteiger partial charge is 0.366 e. The topological polar surface area (TPSA) is 110 Å². The number of para-hydroxylation sites is 1. The van der Waals surface area contributed by atoms with Crippen LogP contribution >= 0.6 is 34.4 Å². The van der Waals surface area contributed by atoms with Crippen LogP contribution in [-0.4, -0.2) is 27.3 Å². The molecule has 2 amide bonds. The first-order valence-electron chi connectivity index (χ1n) is 7.53. The van der Waals surface area contributed by atoms with Gasteiger partial charge >= 0.3 is 0 Å². The first-order valence-corrected chi connectivity index (χ1v) is 10.1. The third-order valence-corrected chi connectivity index (χ3v) is 6.10. The number of hydrogen-bond donors (Lipinski definition) is 3. The van der Waals surface area contributed by atoms with E-state index < -0.39 is 11.2 Å². The number of thiophene rings is 1. The molecule has 0 saturated heterocycles. The van der Waals surface area contributed by atoms with Crippen molar-refractivity contribution < 1.29 is 9.59 Å². The monoisotopic (exact) mass is 405 g/mol. The van der Waals surface area contributed by atoms with Crippen molar-refractivity contribution in [2.75, 3.05) is 10.6 Å². The smallest absolute Gasteiger partial charge is 0.251 e. The van der Waals surface area contributed by atoms with Crippen molar-refractivity contribution in [1.29, 1.82) is 0 Å². The maximum atomic E-state index is 12.4. The lowest BCUT2D eigenvalue weighted by atomic mass is 10.3. The summed E-state index contributed by atoms with van der Waals surface area (Å²) in [5, 5.41) is 16.5. The highest BCUT2D eigenvalue weighted by atomic mass is 32.2. The number of hydrogen-bond acceptors (Lipinski definition) is 8. The van der Waals surface area contributed by atoms with E-state index in [4.69, 9.17) is 5.73 Å². The number of benzene rings is 1. The summed E-state index contributed by atoms with van der Waals surface area (Å²) in [6, 6.07) is 11.2. The molecular formula is C16H15N5O2S3. The molecule has 4 N–H and O–H groups in total. The molecule has 1 aromatic carbocycles. The Kier molecular flexibility index (Phi) is 5.86. The molecule has 0 aliphatic carbocycles. The van der Waals surface area contributed by atoms with Gasteiger partial charge in [-0.3, -0.25) is 9.59 Å². The SMILES string of the molecule is C[C@H](Sc1nnc(Nc2ccccc2)s1)C(=O)Nc1sccc1C(N)=O. The number of nitrogens with two attached hydrogens (primary N) is 1. The first-order chi connectivity index (χ1) is 12.5. The van der Waals surface area contributed by atoms with Crippen molar-refractivity contribution in [2.45, 2.75) is 16.5 Å². The number of carbonyl (C=O) groups excluding carboxylic acids is 2. The molecule has 0 bridgehead atoms. The fourth-order valence-electron chi connectivity index (χ4n) is 1.97. The second-order valence-corrected chi connectivity index (χ2v) is 8.62. The summed E-state index contributed by atoms with van der Waals surface area (Å²) >= 11 is 3.93. The molecule has 2 aromatic heterocycles. The van der Waals surface area contributed by atoms with Crippen molar-refractivity contribution in [3.63, 3.8) is 0 Å². The van der Waals surface area contributed by atoms with E-state index in [1.807, 2.05) is 30.3 Å². The van der Waals surface area contributed by atoms with Crippen LogP contribution in [0.15, 0.2) is 46.1 Å². The molecule has 3 rings (SSSR count). The van der Waals surface area contributed by atoms with Gasteiger partial charge in [0, 0.05) is 5.69 Å². The third-order valence-electron chi connectivity index (χ3n) is 3.25. The van der Waals surface area contributed by atoms with E-state index in [2.05, 4.69) is 20.8 Å². The predicted molar refractivity (Wildman–Crippen MR) is 106 cm³/mol. The minimum Gasteiger partial charge on any atom is -0.366 e. The molecular weight excluding hydrogens is 390 g/mol. The molecule has 10 heteroatoms. The van der Waals surface area contributed by atoms with Crippen LogP contribution in [0.25, 0.3) is 0 Å². The lowest BCUT2D eigenvalue weighted by molar-refractivity contribution is -0.115. The Labute approximate surface area is 162 Å². The van der Waals surface area contributed by atoms with Crippen LogP contribution in [-0.2, 0) is 4.79 Å². The summed E-state index contributed by atoms with van der Waals surface area (Å²) in [5.41, 5.74) is 6.52. The van der Waals surface area contributed by atoms with E-state index in [1.165, 1.54) is 34.4 Å². The zero-order chi connectivity index (χ0) is 18.5. The standard InChI is InChI=1S/C16H15N5O2S3/c1-9(13(23)19-14-11(12(17)22)7-8-24-14)25-16-21-20-15(26-16)18-10-5-3-2-4-6-10/h2-9H,1H3,(H2,17,22)(H,18,20)(H,19,23)/t9-/m0/s1. The number of primary amides is 1. The molecule has 0 saturated carbocycles. The van der Waals surface area contributed by atoms with Crippen LogP contribution < -0.4 is 16.4 Å². The quantitative estimate of drug-likeness (QED) is 0.519. The van der Waals surface area contributed by atoms with Crippen molar-refractivity contribution in [3.8, 4) is 0 Å². The molecule has 0 unspecified atom stereocenters. The first kappa shape index (κ1) is 18.4. The third kappa shape index (κ3) is 4.59. The van der Waals surface area contributed by atoms with Gasteiger partial charge in [-0.1, -0.05) is 41.3 Å². The second-order valence-electron chi connectivity index (χ2n) is 5.14. The van der Waals surface area contributed by atoms with E-state index in [0.29, 0.717) is 20.0 Å². The number of rotatable bonds is 7. The van der Waals surface area contributed by atoms with E-state index in [9.17, 15) is 9.59 Å². The van der Waals surface area contributed by atoms with Gasteiger partial charge in [-0.25, -0.2) is 0 Å². The second kappa shape index (κ2) is 8.30. The maximum Gasteiger partial charge on any atom is 0.251 e. The Bertz CT molecular complexity index is 910. The average molecular weight is 406 g/mol. The number of aromatic nitrogens is 2. The lowest BCUT2D eigenvalue weighted by Crippen LogP contribution is -2.23. The van der Waals surface area contributed by atoms with Gasteiger partial charge in [-0.15, -0.1) is 21.5 Å². The number of nitrogens with one attached hydrogen (secondary N) is 2. The Morgan fingerprint density at radius 3 is 2.69 bits per heavy atom. The van der Waals surface area contributed by atoms with E-state index in [-0.39, 0.29) is 5.91 Å². The number of thioether (sulfide) groups is 1. The van der Waals surface area contributed by atoms with Gasteiger partial charge in [-0.05, 0) is 30.5 Å². The molecule has 0 aliphatic rings. The van der Waals surface area contributed by atoms with Crippen LogP contribution in [0, 0.1) is 0 Å². The van der Waals surface area contributed by atoms with Crippen molar-refractivity contribution in [2.24, 2.45) is 5.73 Å². The van der Waals surface area contributed by atoms with Crippen LogP contribution in [0.1, 0.15) is 17.3 Å². The van der Waals surface area contributed by atoms with Gasteiger partial charge in [-0.2, -0.15) is 0 Å². The Morgan fingerprint density at radius 2 is 1.96 bits per heavy atom. The summed E-state index contributed by atoms with van der Waals surface area (Å²) in [6.45, 7) is 1.77. The number of nitrogens with zero attached hydrogens (tertiary/aromatic N) is 2. The van der Waals surface area contributed by atoms with Crippen LogP contribution in [0.3, 0.4) is 0 Å². The molecule has 0 aliphatic heterocycles. The summed E-state index contributed by atoms with van der Waals surface area (Å²) in [5.74, 6) is -0.796. The van der Waals surface area contributed by atoms with Crippen molar-refractivity contribution >= 4 is 62.1 Å². The fourth-order valence-corrected chi connectivity index (χ4v) is 4.68. The summed E-state index contributed by atoms with van der Waals surface area (Å²) in [6.07, 6.45) is 0. The Hall–Kier alpha value is -2.43. The minimum absolute atomic E-state index is 0.229. The van der Waals surface area contributed by atoms with Gasteiger partial charge in [0.05, 0.1) is 10.8 Å². The average Bonchev–Trinajstić information content (AvgIpc) is 3.25. The zero-order valence-corrected chi connectivity index (χ0v) is 16.1. The van der Waals surface area contributed by atoms with Gasteiger partial charge in [0.25, 0.3) is 5.91 Å². The summed E-state index contributed by atoms with van der Waals surface area (Å²) in [4.78, 5) is 23.7. The lowest BCUT2D eigenvalue weighted by Gasteiger charge is -2.09. The van der Waals surface area contributed by atoms with Crippen LogP contribution in [0.5, 0.6) is 0 Å². The number of anilines is 3. The molecule has 26 heavy (non-hydrogen) atoms. The van der Waals surface area contributed by atoms with Gasteiger partial charge in [0.15, 0.2) is 4.34 Å². The predicted octanol–water partition coefficient (Wildman–Crippen LogP) is 3.56. The van der Waals surface area contributed by atoms with Crippen LogP contribution in [0.2, 0.25) is 0 Å². The molecule has 7 nitrogen and oxygen atoms in total. The molecule has 134 valence electrons. The summed E-state index contributed by atoms with van der Waals surface area (Å²) < 4.78 is 0.674. The molecule has 0 radical (unpaired) electrons. The molecule has 0 fully saturated rings. The summed E-state index contributed by atoms with van der Waals surface area (Å²) in [7, 11) is 0. The highest BCUT2D eigenvalue weighted by Gasteiger charge is 2.20. The number of carbonyl (C=O) groups is 2. The van der Waals surface area contributed by atoms with E-state index >= 15 is 0 Å². The van der Waals surface area contributed by atoms with Gasteiger partial charge < -0.3 is 16.4 Å². The van der Waals surface area contributed by atoms with Crippen molar-refractivity contribution in [1.82, 2.24) is 10.2 Å². The minimum atomic E-state index is -0.567. The molecule has 1 atom stereocenters. The Morgan fingerprint density at radius 1 is 1.19 bits per heavy atom. The van der Waals surface area contributed by atoms with Gasteiger partial charge in [0.1, 0.15) is 5.00 Å².